The summed E-state index contributed by atoms with van der Waals surface area (Å²) in [7, 11) is 0. The van der Waals surface area contributed by atoms with Crippen LogP contribution in [-0.4, -0.2) is 36.5 Å². The summed E-state index contributed by atoms with van der Waals surface area (Å²) in [4.78, 5) is 14.4. The summed E-state index contributed by atoms with van der Waals surface area (Å²) in [5.74, 6) is 0.872. The van der Waals surface area contributed by atoms with Crippen LogP contribution in [0.25, 0.3) is 0 Å². The molecule has 1 aromatic rings. The van der Waals surface area contributed by atoms with Gasteiger partial charge in [0.2, 0.25) is 5.91 Å². The van der Waals surface area contributed by atoms with E-state index in [1.54, 1.807) is 0 Å². The van der Waals surface area contributed by atoms with Gasteiger partial charge in [0.1, 0.15) is 0 Å². The number of hydrogen-bond donors (Lipinski definition) is 1. The fraction of sp³-hybridized carbons (Fsp3) is 0.588. The van der Waals surface area contributed by atoms with Gasteiger partial charge < -0.3 is 10.2 Å². The lowest BCUT2D eigenvalue weighted by Gasteiger charge is -2.33. The Morgan fingerprint density at radius 2 is 2.10 bits per heavy atom. The first-order valence-corrected chi connectivity index (χ1v) is 7.70. The zero-order valence-corrected chi connectivity index (χ0v) is 12.6. The Balaban J connectivity index is 1.83. The first-order valence-electron chi connectivity index (χ1n) is 7.70. The molecule has 0 aliphatic carbocycles. The summed E-state index contributed by atoms with van der Waals surface area (Å²) in [6.07, 6.45) is 2.89. The maximum Gasteiger partial charge on any atom is 0.226 e. The van der Waals surface area contributed by atoms with Crippen LogP contribution >= 0.6 is 0 Å². The zero-order chi connectivity index (χ0) is 14.4. The van der Waals surface area contributed by atoms with E-state index in [2.05, 4.69) is 19.2 Å². The summed E-state index contributed by atoms with van der Waals surface area (Å²) in [6, 6.07) is 10.6. The highest BCUT2D eigenvalue weighted by molar-refractivity contribution is 5.78. The number of nitrogens with zero attached hydrogens (tertiary/aromatic N) is 1. The lowest BCUT2D eigenvalue weighted by atomic mass is 9.97. The van der Waals surface area contributed by atoms with E-state index >= 15 is 0 Å². The molecule has 1 atom stereocenters. The lowest BCUT2D eigenvalue weighted by Crippen LogP contribution is -2.44. The predicted molar refractivity (Wildman–Crippen MR) is 82.6 cm³/mol. The molecule has 3 nitrogen and oxygen atoms in total. The van der Waals surface area contributed by atoms with Gasteiger partial charge in [0.15, 0.2) is 0 Å². The second kappa shape index (κ2) is 7.44. The van der Waals surface area contributed by atoms with Crippen LogP contribution < -0.4 is 5.32 Å². The molecule has 20 heavy (non-hydrogen) atoms. The molecule has 1 unspecified atom stereocenters. The quantitative estimate of drug-likeness (QED) is 0.894. The molecule has 1 saturated heterocycles. The van der Waals surface area contributed by atoms with Gasteiger partial charge in [-0.3, -0.25) is 4.79 Å². The number of nitrogens with one attached hydrogen (secondary N) is 1. The monoisotopic (exact) mass is 274 g/mol. The van der Waals surface area contributed by atoms with E-state index in [4.69, 9.17) is 0 Å². The summed E-state index contributed by atoms with van der Waals surface area (Å²) in [5.41, 5.74) is 1.11. The molecule has 1 aliphatic rings. The first kappa shape index (κ1) is 15.0. The van der Waals surface area contributed by atoms with Gasteiger partial charge >= 0.3 is 0 Å². The van der Waals surface area contributed by atoms with Crippen LogP contribution in [0.5, 0.6) is 0 Å². The van der Waals surface area contributed by atoms with Crippen LogP contribution in [0.15, 0.2) is 30.3 Å². The second-order valence-corrected chi connectivity index (χ2v) is 6.07. The number of amides is 1. The third-order valence-corrected chi connectivity index (χ3v) is 3.88. The van der Waals surface area contributed by atoms with E-state index in [0.29, 0.717) is 18.4 Å². The average Bonchev–Trinajstić information content (AvgIpc) is 2.46. The number of hydrogen-bond acceptors (Lipinski definition) is 2. The molecule has 110 valence electrons. The molecule has 0 bridgehead atoms. The fourth-order valence-corrected chi connectivity index (χ4v) is 2.74. The SMILES string of the molecule is CC(C)NCC1CCCN(C(=O)Cc2ccccc2)C1. The highest BCUT2D eigenvalue weighted by atomic mass is 16.2. The van der Waals surface area contributed by atoms with Gasteiger partial charge in [-0.15, -0.1) is 0 Å². The Bertz CT molecular complexity index is 416. The number of carbonyl (C=O) groups is 1. The van der Waals surface area contributed by atoms with Crippen molar-refractivity contribution in [2.45, 2.75) is 39.2 Å². The van der Waals surface area contributed by atoms with Crippen molar-refractivity contribution in [3.05, 3.63) is 35.9 Å². The van der Waals surface area contributed by atoms with Gasteiger partial charge in [0.05, 0.1) is 6.42 Å². The van der Waals surface area contributed by atoms with Crippen molar-refractivity contribution >= 4 is 5.91 Å². The van der Waals surface area contributed by atoms with Gasteiger partial charge in [0.25, 0.3) is 0 Å². The van der Waals surface area contributed by atoms with Crippen molar-refractivity contribution in [3.63, 3.8) is 0 Å². The molecule has 1 N–H and O–H groups in total. The molecule has 1 fully saturated rings. The third-order valence-electron chi connectivity index (χ3n) is 3.88. The Morgan fingerprint density at radius 3 is 2.80 bits per heavy atom. The molecular formula is C17H26N2O. The number of rotatable bonds is 5. The van der Waals surface area contributed by atoms with Crippen LogP contribution in [0, 0.1) is 5.92 Å². The maximum atomic E-state index is 12.4. The number of benzene rings is 1. The summed E-state index contributed by atoms with van der Waals surface area (Å²) in [6.45, 7) is 7.18. The number of piperidine rings is 1. The van der Waals surface area contributed by atoms with Crippen LogP contribution in [0.1, 0.15) is 32.3 Å². The normalized spacial score (nSPS) is 19.4. The molecule has 1 amide bonds. The van der Waals surface area contributed by atoms with E-state index in [-0.39, 0.29) is 5.91 Å². The molecule has 0 saturated carbocycles. The smallest absolute Gasteiger partial charge is 0.226 e. The Kier molecular flexibility index (Phi) is 5.60. The van der Waals surface area contributed by atoms with Gasteiger partial charge in [-0.05, 0) is 30.9 Å². The molecule has 0 radical (unpaired) electrons. The second-order valence-electron chi connectivity index (χ2n) is 6.07. The molecule has 1 aliphatic heterocycles. The van der Waals surface area contributed by atoms with Gasteiger partial charge in [0, 0.05) is 19.1 Å². The minimum Gasteiger partial charge on any atom is -0.342 e. The van der Waals surface area contributed by atoms with Crippen molar-refractivity contribution in [2.24, 2.45) is 5.92 Å². The van der Waals surface area contributed by atoms with Crippen molar-refractivity contribution in [3.8, 4) is 0 Å². The van der Waals surface area contributed by atoms with E-state index in [9.17, 15) is 4.79 Å². The predicted octanol–water partition coefficient (Wildman–Crippen LogP) is 2.47. The molecule has 2 rings (SSSR count). The summed E-state index contributed by atoms with van der Waals surface area (Å²) >= 11 is 0. The van der Waals surface area contributed by atoms with Crippen molar-refractivity contribution in [1.82, 2.24) is 10.2 Å². The van der Waals surface area contributed by atoms with E-state index in [0.717, 1.165) is 31.6 Å². The third kappa shape index (κ3) is 4.64. The number of carbonyl (C=O) groups excluding carboxylic acids is 1. The summed E-state index contributed by atoms with van der Waals surface area (Å²) < 4.78 is 0. The van der Waals surface area contributed by atoms with E-state index in [1.807, 2.05) is 35.2 Å². The summed E-state index contributed by atoms with van der Waals surface area (Å²) in [5, 5.41) is 3.49. The Labute approximate surface area is 122 Å². The Morgan fingerprint density at radius 1 is 1.35 bits per heavy atom. The van der Waals surface area contributed by atoms with Crippen LogP contribution in [0.2, 0.25) is 0 Å². The molecule has 1 aromatic carbocycles. The van der Waals surface area contributed by atoms with Crippen molar-refractivity contribution in [1.29, 1.82) is 0 Å². The Hall–Kier alpha value is -1.35. The maximum absolute atomic E-state index is 12.4. The van der Waals surface area contributed by atoms with Crippen LogP contribution in [0.4, 0.5) is 0 Å². The van der Waals surface area contributed by atoms with E-state index < -0.39 is 0 Å². The number of likely N-dealkylation sites (tertiary alicyclic amines) is 1. The van der Waals surface area contributed by atoms with Crippen LogP contribution in [-0.2, 0) is 11.2 Å². The topological polar surface area (TPSA) is 32.3 Å². The molecule has 0 aromatic heterocycles. The first-order chi connectivity index (χ1) is 9.65. The zero-order valence-electron chi connectivity index (χ0n) is 12.6. The average molecular weight is 274 g/mol. The highest BCUT2D eigenvalue weighted by Crippen LogP contribution is 2.17. The van der Waals surface area contributed by atoms with Crippen molar-refractivity contribution < 1.29 is 4.79 Å². The fourth-order valence-electron chi connectivity index (χ4n) is 2.74. The largest absolute Gasteiger partial charge is 0.342 e. The molecule has 1 heterocycles. The molecule has 3 heteroatoms. The van der Waals surface area contributed by atoms with Crippen molar-refractivity contribution in [2.75, 3.05) is 19.6 Å². The van der Waals surface area contributed by atoms with Gasteiger partial charge in [-0.1, -0.05) is 44.2 Å². The van der Waals surface area contributed by atoms with Gasteiger partial charge in [-0.2, -0.15) is 0 Å². The highest BCUT2D eigenvalue weighted by Gasteiger charge is 2.23. The molecule has 0 spiro atoms. The lowest BCUT2D eigenvalue weighted by molar-refractivity contribution is -0.132. The minimum absolute atomic E-state index is 0.269. The standard InChI is InChI=1S/C17H26N2O/c1-14(2)18-12-16-9-6-10-19(13-16)17(20)11-15-7-4-3-5-8-15/h3-5,7-8,14,16,18H,6,9-13H2,1-2H3. The molecular weight excluding hydrogens is 248 g/mol. The van der Waals surface area contributed by atoms with E-state index in [1.165, 1.54) is 6.42 Å². The van der Waals surface area contributed by atoms with Gasteiger partial charge in [-0.25, -0.2) is 0 Å². The van der Waals surface area contributed by atoms with Crippen LogP contribution in [0.3, 0.4) is 0 Å². The minimum atomic E-state index is 0.269.